The number of benzene rings is 1. The molecule has 0 bridgehead atoms. The SMILES string of the molecule is Cc1cccc(CNc2ccnc(N3CCCC(C)C3)n2)c1. The van der Waals surface area contributed by atoms with Crippen LogP contribution in [-0.4, -0.2) is 23.1 Å². The molecular weight excluding hydrogens is 272 g/mol. The molecule has 0 spiro atoms. The summed E-state index contributed by atoms with van der Waals surface area (Å²) in [6, 6.07) is 10.5. The molecule has 4 nitrogen and oxygen atoms in total. The summed E-state index contributed by atoms with van der Waals surface area (Å²) < 4.78 is 0. The third-order valence-electron chi connectivity index (χ3n) is 4.14. The maximum Gasteiger partial charge on any atom is 0.227 e. The van der Waals surface area contributed by atoms with Crippen LogP contribution < -0.4 is 10.2 Å². The highest BCUT2D eigenvalue weighted by Crippen LogP contribution is 2.20. The number of nitrogens with one attached hydrogen (secondary N) is 1. The first-order valence-corrected chi connectivity index (χ1v) is 8.08. The molecule has 1 N–H and O–H groups in total. The molecule has 4 heteroatoms. The third kappa shape index (κ3) is 3.75. The molecule has 1 aliphatic rings. The maximum atomic E-state index is 4.67. The first kappa shape index (κ1) is 14.8. The van der Waals surface area contributed by atoms with Crippen molar-refractivity contribution in [1.82, 2.24) is 9.97 Å². The Balaban J connectivity index is 1.66. The molecule has 22 heavy (non-hydrogen) atoms. The van der Waals surface area contributed by atoms with E-state index in [9.17, 15) is 0 Å². The summed E-state index contributed by atoms with van der Waals surface area (Å²) in [7, 11) is 0. The molecule has 0 amide bonds. The van der Waals surface area contributed by atoms with Crippen molar-refractivity contribution >= 4 is 11.8 Å². The quantitative estimate of drug-likeness (QED) is 0.935. The Labute approximate surface area is 132 Å². The van der Waals surface area contributed by atoms with E-state index in [1.54, 1.807) is 0 Å². The van der Waals surface area contributed by atoms with Gasteiger partial charge in [0.1, 0.15) is 5.82 Å². The minimum Gasteiger partial charge on any atom is -0.366 e. The van der Waals surface area contributed by atoms with E-state index in [-0.39, 0.29) is 0 Å². The fourth-order valence-electron chi connectivity index (χ4n) is 2.99. The average molecular weight is 296 g/mol. The van der Waals surface area contributed by atoms with Crippen LogP contribution in [0.3, 0.4) is 0 Å². The molecule has 1 unspecified atom stereocenters. The van der Waals surface area contributed by atoms with Crippen LogP contribution in [0.1, 0.15) is 30.9 Å². The van der Waals surface area contributed by atoms with Crippen molar-refractivity contribution in [3.63, 3.8) is 0 Å². The summed E-state index contributed by atoms with van der Waals surface area (Å²) >= 11 is 0. The fraction of sp³-hybridized carbons (Fsp3) is 0.444. The second kappa shape index (κ2) is 6.77. The van der Waals surface area contributed by atoms with Gasteiger partial charge in [0.2, 0.25) is 5.95 Å². The number of hydrogen-bond donors (Lipinski definition) is 1. The molecule has 0 radical (unpaired) electrons. The van der Waals surface area contributed by atoms with Crippen LogP contribution in [-0.2, 0) is 6.54 Å². The van der Waals surface area contributed by atoms with Gasteiger partial charge in [0.25, 0.3) is 0 Å². The highest BCUT2D eigenvalue weighted by molar-refractivity contribution is 5.42. The molecule has 1 atom stereocenters. The summed E-state index contributed by atoms with van der Waals surface area (Å²) in [6.07, 6.45) is 4.38. The van der Waals surface area contributed by atoms with Gasteiger partial charge in [-0.25, -0.2) is 4.98 Å². The van der Waals surface area contributed by atoms with Crippen LogP contribution in [0.25, 0.3) is 0 Å². The normalized spacial score (nSPS) is 18.3. The summed E-state index contributed by atoms with van der Waals surface area (Å²) in [6.45, 7) is 7.32. The molecule has 1 fully saturated rings. The monoisotopic (exact) mass is 296 g/mol. The third-order valence-corrected chi connectivity index (χ3v) is 4.14. The lowest BCUT2D eigenvalue weighted by molar-refractivity contribution is 0.442. The van der Waals surface area contributed by atoms with E-state index < -0.39 is 0 Å². The number of piperidine rings is 1. The van der Waals surface area contributed by atoms with Gasteiger partial charge in [-0.2, -0.15) is 4.98 Å². The van der Waals surface area contributed by atoms with Gasteiger partial charge in [-0.05, 0) is 37.3 Å². The lowest BCUT2D eigenvalue weighted by atomic mass is 10.0. The minimum absolute atomic E-state index is 0.723. The van der Waals surface area contributed by atoms with Crippen molar-refractivity contribution in [2.24, 2.45) is 5.92 Å². The Kier molecular flexibility index (Phi) is 4.56. The van der Waals surface area contributed by atoms with Crippen LogP contribution >= 0.6 is 0 Å². The molecule has 3 rings (SSSR count). The zero-order valence-electron chi connectivity index (χ0n) is 13.4. The molecule has 1 saturated heterocycles. The van der Waals surface area contributed by atoms with E-state index >= 15 is 0 Å². The van der Waals surface area contributed by atoms with Crippen LogP contribution in [0.2, 0.25) is 0 Å². The Morgan fingerprint density at radius 1 is 1.32 bits per heavy atom. The summed E-state index contributed by atoms with van der Waals surface area (Å²) in [5.74, 6) is 2.46. The van der Waals surface area contributed by atoms with Crippen molar-refractivity contribution in [2.45, 2.75) is 33.2 Å². The lowest BCUT2D eigenvalue weighted by Gasteiger charge is -2.30. The number of nitrogens with zero attached hydrogens (tertiary/aromatic N) is 3. The van der Waals surface area contributed by atoms with Gasteiger partial charge in [0, 0.05) is 25.8 Å². The van der Waals surface area contributed by atoms with Crippen molar-refractivity contribution < 1.29 is 0 Å². The molecule has 1 aromatic carbocycles. The smallest absolute Gasteiger partial charge is 0.227 e. The topological polar surface area (TPSA) is 41.1 Å². The first-order chi connectivity index (χ1) is 10.7. The van der Waals surface area contributed by atoms with E-state index in [0.29, 0.717) is 0 Å². The highest BCUT2D eigenvalue weighted by atomic mass is 15.3. The second-order valence-electron chi connectivity index (χ2n) is 6.28. The number of aryl methyl sites for hydroxylation is 1. The van der Waals surface area contributed by atoms with Gasteiger partial charge in [-0.1, -0.05) is 36.8 Å². The molecule has 2 aromatic rings. The van der Waals surface area contributed by atoms with Crippen LogP contribution in [0, 0.1) is 12.8 Å². The molecule has 1 aliphatic heterocycles. The number of aromatic nitrogens is 2. The number of anilines is 2. The van der Waals surface area contributed by atoms with Gasteiger partial charge < -0.3 is 10.2 Å². The predicted molar refractivity (Wildman–Crippen MR) is 91.1 cm³/mol. The van der Waals surface area contributed by atoms with E-state index in [0.717, 1.165) is 37.3 Å². The zero-order valence-corrected chi connectivity index (χ0v) is 13.4. The molecular formula is C18H24N4. The summed E-state index contributed by atoms with van der Waals surface area (Å²) in [5.41, 5.74) is 2.55. The Hall–Kier alpha value is -2.10. The molecule has 116 valence electrons. The van der Waals surface area contributed by atoms with Crippen LogP contribution in [0.15, 0.2) is 36.5 Å². The maximum absolute atomic E-state index is 4.67. The van der Waals surface area contributed by atoms with Crippen molar-refractivity contribution in [3.8, 4) is 0 Å². The Morgan fingerprint density at radius 2 is 2.23 bits per heavy atom. The molecule has 2 heterocycles. The van der Waals surface area contributed by atoms with E-state index in [4.69, 9.17) is 0 Å². The van der Waals surface area contributed by atoms with Crippen molar-refractivity contribution in [3.05, 3.63) is 47.7 Å². The fourth-order valence-corrected chi connectivity index (χ4v) is 2.99. The Bertz CT molecular complexity index is 626. The lowest BCUT2D eigenvalue weighted by Crippen LogP contribution is -2.35. The van der Waals surface area contributed by atoms with E-state index in [1.165, 1.54) is 24.0 Å². The number of rotatable bonds is 4. The molecule has 1 aromatic heterocycles. The summed E-state index contributed by atoms with van der Waals surface area (Å²) in [4.78, 5) is 11.4. The number of hydrogen-bond acceptors (Lipinski definition) is 4. The van der Waals surface area contributed by atoms with Crippen molar-refractivity contribution in [1.29, 1.82) is 0 Å². The van der Waals surface area contributed by atoms with E-state index in [2.05, 4.69) is 58.3 Å². The standard InChI is InChI=1S/C18H24N4/c1-14-5-3-7-16(11-14)12-20-17-8-9-19-18(21-17)22-10-4-6-15(2)13-22/h3,5,7-9,11,15H,4,6,10,12-13H2,1-2H3,(H,19,20,21). The molecule has 0 saturated carbocycles. The zero-order chi connectivity index (χ0) is 15.4. The minimum atomic E-state index is 0.723. The Morgan fingerprint density at radius 3 is 3.05 bits per heavy atom. The predicted octanol–water partition coefficient (Wildman–Crippen LogP) is 3.63. The largest absolute Gasteiger partial charge is 0.366 e. The van der Waals surface area contributed by atoms with Gasteiger partial charge in [-0.3, -0.25) is 0 Å². The second-order valence-corrected chi connectivity index (χ2v) is 6.28. The van der Waals surface area contributed by atoms with Gasteiger partial charge in [0.15, 0.2) is 0 Å². The van der Waals surface area contributed by atoms with Gasteiger partial charge in [0.05, 0.1) is 0 Å². The summed E-state index contributed by atoms with van der Waals surface area (Å²) in [5, 5.41) is 3.40. The van der Waals surface area contributed by atoms with Gasteiger partial charge in [-0.15, -0.1) is 0 Å². The first-order valence-electron chi connectivity index (χ1n) is 8.08. The van der Waals surface area contributed by atoms with Crippen LogP contribution in [0.5, 0.6) is 0 Å². The van der Waals surface area contributed by atoms with E-state index in [1.807, 2.05) is 12.3 Å². The molecule has 0 aliphatic carbocycles. The van der Waals surface area contributed by atoms with Crippen LogP contribution in [0.4, 0.5) is 11.8 Å². The van der Waals surface area contributed by atoms with Gasteiger partial charge >= 0.3 is 0 Å². The van der Waals surface area contributed by atoms with Crippen molar-refractivity contribution in [2.75, 3.05) is 23.3 Å². The highest BCUT2D eigenvalue weighted by Gasteiger charge is 2.18. The average Bonchev–Trinajstić information content (AvgIpc) is 2.53.